The van der Waals surface area contributed by atoms with Gasteiger partial charge in [0.25, 0.3) is 5.91 Å². The summed E-state index contributed by atoms with van der Waals surface area (Å²) < 4.78 is 0. The number of carbonyl (C=O) groups is 2. The van der Waals surface area contributed by atoms with E-state index in [2.05, 4.69) is 0 Å². The molecule has 18 heavy (non-hydrogen) atoms. The van der Waals surface area contributed by atoms with E-state index in [4.69, 9.17) is 11.5 Å². The molecule has 2 amide bonds. The molecule has 5 heteroatoms. The molecule has 0 aromatic heterocycles. The standard InChI is InChI=1S/C13H17N3O2/c1-8-6-10(14)2-3-11(8)13(18)16-5-4-9(7-16)12(15)17/h2-3,6,9H,4-5,7,14H2,1H3,(H2,15,17). The zero-order chi connectivity index (χ0) is 13.3. The zero-order valence-electron chi connectivity index (χ0n) is 10.3. The summed E-state index contributed by atoms with van der Waals surface area (Å²) >= 11 is 0. The SMILES string of the molecule is Cc1cc(N)ccc1C(=O)N1CCC(C(N)=O)C1. The third-order valence-corrected chi connectivity index (χ3v) is 3.36. The Bertz CT molecular complexity index is 499. The first-order valence-corrected chi connectivity index (χ1v) is 5.93. The number of likely N-dealkylation sites (tertiary alicyclic amines) is 1. The number of rotatable bonds is 2. The third kappa shape index (κ3) is 2.30. The third-order valence-electron chi connectivity index (χ3n) is 3.36. The topological polar surface area (TPSA) is 89.4 Å². The van der Waals surface area contributed by atoms with Gasteiger partial charge in [-0.2, -0.15) is 0 Å². The largest absolute Gasteiger partial charge is 0.399 e. The normalized spacial score (nSPS) is 18.9. The molecule has 1 aromatic carbocycles. The Morgan fingerprint density at radius 3 is 2.67 bits per heavy atom. The fourth-order valence-electron chi connectivity index (χ4n) is 2.27. The summed E-state index contributed by atoms with van der Waals surface area (Å²) in [7, 11) is 0. The maximum atomic E-state index is 12.3. The van der Waals surface area contributed by atoms with Crippen molar-refractivity contribution in [3.63, 3.8) is 0 Å². The number of aryl methyl sites for hydroxylation is 1. The van der Waals surface area contributed by atoms with Crippen LogP contribution in [0.25, 0.3) is 0 Å². The maximum absolute atomic E-state index is 12.3. The van der Waals surface area contributed by atoms with Crippen molar-refractivity contribution in [2.24, 2.45) is 11.7 Å². The molecular formula is C13H17N3O2. The minimum Gasteiger partial charge on any atom is -0.399 e. The smallest absolute Gasteiger partial charge is 0.254 e. The summed E-state index contributed by atoms with van der Waals surface area (Å²) in [4.78, 5) is 25.0. The Morgan fingerprint density at radius 2 is 2.11 bits per heavy atom. The van der Waals surface area contributed by atoms with Crippen LogP contribution in [-0.4, -0.2) is 29.8 Å². The van der Waals surface area contributed by atoms with Gasteiger partial charge in [-0.3, -0.25) is 9.59 Å². The predicted molar refractivity (Wildman–Crippen MR) is 68.8 cm³/mol. The van der Waals surface area contributed by atoms with Crippen molar-refractivity contribution in [3.8, 4) is 0 Å². The molecule has 1 fully saturated rings. The second-order valence-electron chi connectivity index (χ2n) is 4.71. The van der Waals surface area contributed by atoms with E-state index in [1.54, 1.807) is 23.1 Å². The van der Waals surface area contributed by atoms with Crippen molar-refractivity contribution in [1.29, 1.82) is 0 Å². The number of nitrogen functional groups attached to an aromatic ring is 1. The summed E-state index contributed by atoms with van der Waals surface area (Å²) in [5.41, 5.74) is 13.0. The van der Waals surface area contributed by atoms with Crippen molar-refractivity contribution in [2.75, 3.05) is 18.8 Å². The fraction of sp³-hybridized carbons (Fsp3) is 0.385. The summed E-state index contributed by atoms with van der Waals surface area (Å²) in [5.74, 6) is -0.612. The van der Waals surface area contributed by atoms with E-state index in [9.17, 15) is 9.59 Å². The van der Waals surface area contributed by atoms with Crippen molar-refractivity contribution >= 4 is 17.5 Å². The van der Waals surface area contributed by atoms with Gasteiger partial charge in [-0.25, -0.2) is 0 Å². The number of benzene rings is 1. The van der Waals surface area contributed by atoms with E-state index in [0.717, 1.165) is 5.56 Å². The van der Waals surface area contributed by atoms with Gasteiger partial charge in [0.15, 0.2) is 0 Å². The molecule has 96 valence electrons. The summed E-state index contributed by atoms with van der Waals surface area (Å²) in [6.07, 6.45) is 0.648. The molecule has 1 aliphatic heterocycles. The molecule has 1 heterocycles. The van der Waals surface area contributed by atoms with Gasteiger partial charge in [-0.15, -0.1) is 0 Å². The molecule has 5 nitrogen and oxygen atoms in total. The van der Waals surface area contributed by atoms with Crippen molar-refractivity contribution in [2.45, 2.75) is 13.3 Å². The first kappa shape index (κ1) is 12.4. The van der Waals surface area contributed by atoms with Crippen LogP contribution in [-0.2, 0) is 4.79 Å². The molecule has 0 bridgehead atoms. The number of hydrogen-bond acceptors (Lipinski definition) is 3. The van der Waals surface area contributed by atoms with E-state index in [1.807, 2.05) is 6.92 Å². The number of amides is 2. The molecule has 4 N–H and O–H groups in total. The Kier molecular flexibility index (Phi) is 3.23. The number of primary amides is 1. The second-order valence-corrected chi connectivity index (χ2v) is 4.71. The molecule has 0 saturated carbocycles. The number of nitrogens with zero attached hydrogens (tertiary/aromatic N) is 1. The van der Waals surface area contributed by atoms with Crippen LogP contribution in [0.15, 0.2) is 18.2 Å². The first-order chi connectivity index (χ1) is 8.49. The quantitative estimate of drug-likeness (QED) is 0.747. The van der Waals surface area contributed by atoms with Gasteiger partial charge in [0.2, 0.25) is 5.91 Å². The monoisotopic (exact) mass is 247 g/mol. The van der Waals surface area contributed by atoms with Gasteiger partial charge in [0.05, 0.1) is 5.92 Å². The average molecular weight is 247 g/mol. The lowest BCUT2D eigenvalue weighted by Gasteiger charge is -2.17. The van der Waals surface area contributed by atoms with E-state index in [0.29, 0.717) is 30.8 Å². The minimum atomic E-state index is -0.334. The number of carbonyl (C=O) groups excluding carboxylic acids is 2. The van der Waals surface area contributed by atoms with Crippen LogP contribution < -0.4 is 11.5 Å². The molecule has 2 rings (SSSR count). The van der Waals surface area contributed by atoms with Crippen molar-refractivity contribution in [3.05, 3.63) is 29.3 Å². The molecule has 0 radical (unpaired) electrons. The first-order valence-electron chi connectivity index (χ1n) is 5.93. The number of anilines is 1. The van der Waals surface area contributed by atoms with Gasteiger partial charge < -0.3 is 16.4 Å². The van der Waals surface area contributed by atoms with Crippen LogP contribution in [0.1, 0.15) is 22.3 Å². The van der Waals surface area contributed by atoms with Gasteiger partial charge >= 0.3 is 0 Å². The Morgan fingerprint density at radius 1 is 1.39 bits per heavy atom. The summed E-state index contributed by atoms with van der Waals surface area (Å²) in [6.45, 7) is 2.85. The van der Waals surface area contributed by atoms with Crippen LogP contribution >= 0.6 is 0 Å². The van der Waals surface area contributed by atoms with E-state index >= 15 is 0 Å². The van der Waals surface area contributed by atoms with Crippen molar-refractivity contribution < 1.29 is 9.59 Å². The molecular weight excluding hydrogens is 230 g/mol. The lowest BCUT2D eigenvalue weighted by atomic mass is 10.1. The van der Waals surface area contributed by atoms with Gasteiger partial charge in [-0.05, 0) is 37.1 Å². The van der Waals surface area contributed by atoms with E-state index < -0.39 is 0 Å². The molecule has 1 atom stereocenters. The van der Waals surface area contributed by atoms with Gasteiger partial charge in [-0.1, -0.05) is 0 Å². The minimum absolute atomic E-state index is 0.0590. The highest BCUT2D eigenvalue weighted by molar-refractivity contribution is 5.96. The van der Waals surface area contributed by atoms with Crippen LogP contribution in [0.2, 0.25) is 0 Å². The van der Waals surface area contributed by atoms with Crippen LogP contribution in [0, 0.1) is 12.8 Å². The molecule has 1 unspecified atom stereocenters. The molecule has 0 aliphatic carbocycles. The van der Waals surface area contributed by atoms with Crippen LogP contribution in [0.4, 0.5) is 5.69 Å². The van der Waals surface area contributed by atoms with E-state index in [1.165, 1.54) is 0 Å². The average Bonchev–Trinajstić information content (AvgIpc) is 2.77. The molecule has 1 aliphatic rings. The second kappa shape index (κ2) is 4.68. The Balaban J connectivity index is 2.15. The van der Waals surface area contributed by atoms with Crippen LogP contribution in [0.3, 0.4) is 0 Å². The highest BCUT2D eigenvalue weighted by atomic mass is 16.2. The summed E-state index contributed by atoms with van der Waals surface area (Å²) in [6, 6.07) is 5.21. The zero-order valence-corrected chi connectivity index (χ0v) is 10.3. The fourth-order valence-corrected chi connectivity index (χ4v) is 2.27. The molecule has 1 aromatic rings. The van der Waals surface area contributed by atoms with Crippen LogP contribution in [0.5, 0.6) is 0 Å². The molecule has 0 spiro atoms. The Labute approximate surface area is 106 Å². The van der Waals surface area contributed by atoms with Gasteiger partial charge in [0, 0.05) is 24.3 Å². The molecule has 1 saturated heterocycles. The highest BCUT2D eigenvalue weighted by Gasteiger charge is 2.30. The number of nitrogens with two attached hydrogens (primary N) is 2. The number of hydrogen-bond donors (Lipinski definition) is 2. The van der Waals surface area contributed by atoms with Crippen molar-refractivity contribution in [1.82, 2.24) is 4.90 Å². The highest BCUT2D eigenvalue weighted by Crippen LogP contribution is 2.21. The predicted octanol–water partition coefficient (Wildman–Crippen LogP) is 0.525. The lowest BCUT2D eigenvalue weighted by Crippen LogP contribution is -2.32. The lowest BCUT2D eigenvalue weighted by molar-refractivity contribution is -0.121. The van der Waals surface area contributed by atoms with Gasteiger partial charge in [0.1, 0.15) is 0 Å². The van der Waals surface area contributed by atoms with E-state index in [-0.39, 0.29) is 17.7 Å². The maximum Gasteiger partial charge on any atom is 0.254 e. The Hall–Kier alpha value is -2.04. The summed E-state index contributed by atoms with van der Waals surface area (Å²) in [5, 5.41) is 0.